The molecule has 1 aliphatic heterocycles. The lowest BCUT2D eigenvalue weighted by Crippen LogP contribution is -2.54. The number of benzene rings is 1. The Bertz CT molecular complexity index is 1240. The van der Waals surface area contributed by atoms with Gasteiger partial charge in [-0.3, -0.25) is 19.9 Å². The first-order valence-electron chi connectivity index (χ1n) is 9.85. The zero-order chi connectivity index (χ0) is 22.3. The summed E-state index contributed by atoms with van der Waals surface area (Å²) in [5.41, 5.74) is 5.64. The summed E-state index contributed by atoms with van der Waals surface area (Å²) < 4.78 is 2.02. The lowest BCUT2D eigenvalue weighted by Gasteiger charge is -2.27. The molecule has 7 heteroatoms. The smallest absolute Gasteiger partial charge is 0.318 e. The first-order valence-corrected chi connectivity index (χ1v) is 9.85. The fourth-order valence-electron chi connectivity index (χ4n) is 3.95. The molecule has 0 saturated carbocycles. The molecule has 3 heterocycles. The van der Waals surface area contributed by atoms with E-state index in [9.17, 15) is 14.4 Å². The van der Waals surface area contributed by atoms with Crippen LogP contribution in [0.5, 0.6) is 0 Å². The molecule has 1 aromatic carbocycles. The molecule has 0 radical (unpaired) electrons. The fraction of sp³-hybridized carbons (Fsp3) is 0.167. The van der Waals surface area contributed by atoms with E-state index in [1.807, 2.05) is 56.5 Å². The quantitative estimate of drug-likeness (QED) is 0.522. The number of carbonyl (C=O) groups excluding carboxylic acids is 3. The highest BCUT2D eigenvalue weighted by atomic mass is 16.2. The van der Waals surface area contributed by atoms with Crippen LogP contribution in [0.3, 0.4) is 0 Å². The molecule has 4 rings (SSSR count). The summed E-state index contributed by atoms with van der Waals surface area (Å²) in [6, 6.07) is 10.4. The van der Waals surface area contributed by atoms with Crippen LogP contribution in [0.2, 0.25) is 0 Å². The molecule has 31 heavy (non-hydrogen) atoms. The molecule has 4 amide bonds. The second kappa shape index (κ2) is 7.68. The second-order valence-electron chi connectivity index (χ2n) is 7.67. The molecule has 2 aromatic heterocycles. The van der Waals surface area contributed by atoms with Crippen LogP contribution in [-0.4, -0.2) is 27.4 Å². The van der Waals surface area contributed by atoms with Crippen molar-refractivity contribution in [3.8, 4) is 5.69 Å². The van der Waals surface area contributed by atoms with Crippen molar-refractivity contribution in [2.45, 2.75) is 27.7 Å². The van der Waals surface area contributed by atoms with Crippen LogP contribution in [0.15, 0.2) is 54.4 Å². The zero-order valence-electron chi connectivity index (χ0n) is 17.8. The summed E-state index contributed by atoms with van der Waals surface area (Å²) in [6.07, 6.45) is 4.95. The number of nitrogens with one attached hydrogen (secondary N) is 1. The van der Waals surface area contributed by atoms with E-state index in [0.29, 0.717) is 5.69 Å². The molecule has 1 saturated heterocycles. The van der Waals surface area contributed by atoms with Crippen LogP contribution in [0, 0.1) is 27.7 Å². The molecule has 0 spiro atoms. The molecular weight excluding hydrogens is 392 g/mol. The average Bonchev–Trinajstić information content (AvgIpc) is 2.98. The lowest BCUT2D eigenvalue weighted by molar-refractivity contribution is -0.122. The van der Waals surface area contributed by atoms with E-state index in [2.05, 4.69) is 10.3 Å². The Morgan fingerprint density at radius 3 is 2.16 bits per heavy atom. The maximum atomic E-state index is 13.2. The van der Waals surface area contributed by atoms with Crippen molar-refractivity contribution in [3.05, 3.63) is 82.4 Å². The third-order valence-corrected chi connectivity index (χ3v) is 5.26. The van der Waals surface area contributed by atoms with Gasteiger partial charge in [-0.05, 0) is 80.8 Å². The number of amides is 4. The molecule has 0 atom stereocenters. The number of nitrogens with zero attached hydrogens (tertiary/aromatic N) is 3. The molecule has 1 N–H and O–H groups in total. The summed E-state index contributed by atoms with van der Waals surface area (Å²) in [5, 5.41) is 2.28. The number of aryl methyl sites for hydroxylation is 3. The number of hydrogen-bond acceptors (Lipinski definition) is 4. The van der Waals surface area contributed by atoms with Gasteiger partial charge >= 0.3 is 6.03 Å². The van der Waals surface area contributed by atoms with Crippen molar-refractivity contribution < 1.29 is 14.4 Å². The number of urea groups is 1. The van der Waals surface area contributed by atoms with E-state index >= 15 is 0 Å². The summed E-state index contributed by atoms with van der Waals surface area (Å²) >= 11 is 0. The van der Waals surface area contributed by atoms with Crippen molar-refractivity contribution >= 4 is 29.6 Å². The number of barbiturate groups is 1. The van der Waals surface area contributed by atoms with Gasteiger partial charge in [-0.1, -0.05) is 6.07 Å². The van der Waals surface area contributed by atoms with Gasteiger partial charge in [0.2, 0.25) is 0 Å². The van der Waals surface area contributed by atoms with E-state index in [4.69, 9.17) is 0 Å². The Kier molecular flexibility index (Phi) is 5.02. The Morgan fingerprint density at radius 2 is 1.52 bits per heavy atom. The number of pyridine rings is 1. The molecule has 156 valence electrons. The monoisotopic (exact) mass is 414 g/mol. The predicted octanol–water partition coefficient (Wildman–Crippen LogP) is 3.77. The molecular formula is C24H22N4O3. The molecule has 0 aliphatic carbocycles. The maximum Gasteiger partial charge on any atom is 0.335 e. The molecule has 1 aliphatic rings. The van der Waals surface area contributed by atoms with Gasteiger partial charge in [0.25, 0.3) is 11.8 Å². The van der Waals surface area contributed by atoms with Crippen LogP contribution in [0.25, 0.3) is 11.8 Å². The summed E-state index contributed by atoms with van der Waals surface area (Å²) in [7, 11) is 0. The largest absolute Gasteiger partial charge is 0.335 e. The van der Waals surface area contributed by atoms with Crippen LogP contribution >= 0.6 is 0 Å². The van der Waals surface area contributed by atoms with Crippen LogP contribution in [-0.2, 0) is 9.59 Å². The Morgan fingerprint density at radius 1 is 0.871 bits per heavy atom. The highest BCUT2D eigenvalue weighted by molar-refractivity contribution is 6.39. The first-order chi connectivity index (χ1) is 14.8. The summed E-state index contributed by atoms with van der Waals surface area (Å²) in [6.45, 7) is 7.64. The maximum absolute atomic E-state index is 13.2. The first kappa shape index (κ1) is 20.3. The zero-order valence-corrected chi connectivity index (χ0v) is 17.8. The Balaban J connectivity index is 1.78. The van der Waals surface area contributed by atoms with Crippen molar-refractivity contribution in [3.63, 3.8) is 0 Å². The van der Waals surface area contributed by atoms with Crippen molar-refractivity contribution in [1.82, 2.24) is 14.9 Å². The summed E-state index contributed by atoms with van der Waals surface area (Å²) in [4.78, 5) is 43.3. The van der Waals surface area contributed by atoms with E-state index in [0.717, 1.165) is 38.7 Å². The normalized spacial score (nSPS) is 15.5. The minimum absolute atomic E-state index is 0.0891. The van der Waals surface area contributed by atoms with Crippen molar-refractivity contribution in [2.75, 3.05) is 4.90 Å². The molecule has 0 unspecified atom stereocenters. The van der Waals surface area contributed by atoms with E-state index in [-0.39, 0.29) is 5.57 Å². The van der Waals surface area contributed by atoms with Gasteiger partial charge in [0.15, 0.2) is 0 Å². The minimum Gasteiger partial charge on any atom is -0.318 e. The highest BCUT2D eigenvalue weighted by Crippen LogP contribution is 2.27. The SMILES string of the molecule is Cc1cc(C)cc(N2C(=O)NC(=O)/C(=C\c3cc(C)n(-c4ccncc4)c3C)C2=O)c1. The fourth-order valence-corrected chi connectivity index (χ4v) is 3.95. The van der Waals surface area contributed by atoms with Crippen molar-refractivity contribution in [2.24, 2.45) is 0 Å². The number of carbonyl (C=O) groups is 3. The Hall–Kier alpha value is -4.00. The Labute approximate surface area is 180 Å². The van der Waals surface area contributed by atoms with E-state index in [1.54, 1.807) is 30.6 Å². The van der Waals surface area contributed by atoms with Gasteiger partial charge in [0, 0.05) is 29.5 Å². The minimum atomic E-state index is -0.751. The van der Waals surface area contributed by atoms with Crippen LogP contribution in [0.4, 0.5) is 10.5 Å². The molecule has 1 fully saturated rings. The number of aromatic nitrogens is 2. The van der Waals surface area contributed by atoms with Gasteiger partial charge in [0.1, 0.15) is 5.57 Å². The predicted molar refractivity (Wildman–Crippen MR) is 118 cm³/mol. The van der Waals surface area contributed by atoms with Crippen LogP contribution in [0.1, 0.15) is 28.1 Å². The standard InChI is InChI=1S/C24H22N4O3/c1-14-9-15(2)11-20(10-14)28-23(30)21(22(29)26-24(28)31)13-18-12-16(3)27(17(18)4)19-5-7-25-8-6-19/h5-13H,1-4H3,(H,26,29,31)/b21-13+. The van der Waals surface area contributed by atoms with Crippen molar-refractivity contribution in [1.29, 1.82) is 0 Å². The second-order valence-corrected chi connectivity index (χ2v) is 7.67. The van der Waals surface area contributed by atoms with Gasteiger partial charge < -0.3 is 4.57 Å². The lowest BCUT2D eigenvalue weighted by atomic mass is 10.1. The third-order valence-electron chi connectivity index (χ3n) is 5.26. The average molecular weight is 414 g/mol. The number of hydrogen-bond donors (Lipinski definition) is 1. The number of imide groups is 2. The topological polar surface area (TPSA) is 84.3 Å². The van der Waals surface area contributed by atoms with E-state index < -0.39 is 17.8 Å². The third kappa shape index (κ3) is 3.66. The van der Waals surface area contributed by atoms with E-state index in [1.165, 1.54) is 0 Å². The molecule has 0 bridgehead atoms. The summed E-state index contributed by atoms with van der Waals surface area (Å²) in [5.74, 6) is -1.35. The molecule has 7 nitrogen and oxygen atoms in total. The van der Waals surface area contributed by atoms with Gasteiger partial charge in [-0.2, -0.15) is 0 Å². The number of rotatable bonds is 3. The van der Waals surface area contributed by atoms with Gasteiger partial charge in [-0.15, -0.1) is 0 Å². The highest BCUT2D eigenvalue weighted by Gasteiger charge is 2.37. The molecule has 3 aromatic rings. The van der Waals surface area contributed by atoms with Gasteiger partial charge in [-0.25, -0.2) is 9.69 Å². The van der Waals surface area contributed by atoms with Crippen LogP contribution < -0.4 is 10.2 Å². The van der Waals surface area contributed by atoms with Gasteiger partial charge in [0.05, 0.1) is 5.69 Å². The number of anilines is 1.